The summed E-state index contributed by atoms with van der Waals surface area (Å²) in [6.45, 7) is 3.18. The average Bonchev–Trinajstić information content (AvgIpc) is 3.11. The van der Waals surface area contributed by atoms with Crippen molar-refractivity contribution < 1.29 is 9.59 Å². The fraction of sp³-hybridized carbons (Fsp3) is 0.600. The number of nitrogens with zero attached hydrogens (tertiary/aromatic N) is 2. The first-order valence-corrected chi connectivity index (χ1v) is 7.20. The van der Waals surface area contributed by atoms with Crippen LogP contribution in [0, 0.1) is 0 Å². The Balaban J connectivity index is 1.73. The van der Waals surface area contributed by atoms with Crippen LogP contribution in [0.5, 0.6) is 0 Å². The molecule has 102 valence electrons. The Morgan fingerprint density at radius 2 is 2.16 bits per heavy atom. The molecule has 2 aliphatic rings. The molecule has 3 rings (SSSR count). The predicted molar refractivity (Wildman–Crippen MR) is 72.1 cm³/mol. The van der Waals surface area contributed by atoms with Crippen molar-refractivity contribution in [3.63, 3.8) is 0 Å². The second kappa shape index (κ2) is 4.83. The molecule has 0 saturated heterocycles. The van der Waals surface area contributed by atoms with E-state index in [0.717, 1.165) is 43.4 Å². The standard InChI is InChI=1S/C15H20N2O2/c1-2-17(12-6-7-12)15(19)10-16-8-11-4-3-5-14(18)13(11)9-16/h8-9,12H,2-7,10H2,1H3. The first kappa shape index (κ1) is 12.5. The number of rotatable bonds is 4. The van der Waals surface area contributed by atoms with Gasteiger partial charge in [0.1, 0.15) is 6.54 Å². The first-order valence-electron chi connectivity index (χ1n) is 7.20. The van der Waals surface area contributed by atoms with Gasteiger partial charge in [-0.25, -0.2) is 0 Å². The molecule has 1 aromatic rings. The summed E-state index contributed by atoms with van der Waals surface area (Å²) in [6.07, 6.45) is 8.66. The van der Waals surface area contributed by atoms with Crippen LogP contribution < -0.4 is 0 Å². The molecule has 0 bridgehead atoms. The van der Waals surface area contributed by atoms with E-state index >= 15 is 0 Å². The number of ketones is 1. The van der Waals surface area contributed by atoms with Gasteiger partial charge in [0.15, 0.2) is 5.78 Å². The normalized spacial score (nSPS) is 18.3. The molecule has 0 radical (unpaired) electrons. The second-order valence-electron chi connectivity index (χ2n) is 5.56. The number of amides is 1. The van der Waals surface area contributed by atoms with Gasteiger partial charge in [0.2, 0.25) is 5.91 Å². The van der Waals surface area contributed by atoms with Crippen LogP contribution in [0.2, 0.25) is 0 Å². The van der Waals surface area contributed by atoms with Gasteiger partial charge >= 0.3 is 0 Å². The monoisotopic (exact) mass is 260 g/mol. The lowest BCUT2D eigenvalue weighted by atomic mass is 9.95. The van der Waals surface area contributed by atoms with E-state index in [1.165, 1.54) is 0 Å². The molecule has 0 N–H and O–H groups in total. The summed E-state index contributed by atoms with van der Waals surface area (Å²) >= 11 is 0. The molecule has 0 atom stereocenters. The minimum absolute atomic E-state index is 0.171. The van der Waals surface area contributed by atoms with Crippen LogP contribution in [0.3, 0.4) is 0 Å². The molecule has 1 heterocycles. The molecule has 19 heavy (non-hydrogen) atoms. The number of aromatic nitrogens is 1. The van der Waals surface area contributed by atoms with Gasteiger partial charge in [0.25, 0.3) is 0 Å². The van der Waals surface area contributed by atoms with Gasteiger partial charge in [0.05, 0.1) is 0 Å². The van der Waals surface area contributed by atoms with E-state index in [1.807, 2.05) is 28.8 Å². The molecule has 1 aromatic heterocycles. The molecule has 0 aliphatic heterocycles. The molecule has 1 amide bonds. The highest BCUT2D eigenvalue weighted by atomic mass is 16.2. The molecule has 4 heteroatoms. The topological polar surface area (TPSA) is 42.3 Å². The Hall–Kier alpha value is -1.58. The van der Waals surface area contributed by atoms with Crippen LogP contribution in [-0.4, -0.2) is 33.7 Å². The SMILES string of the molecule is CCN(C(=O)Cn1cc2c(c1)C(=O)CCC2)C1CC1. The van der Waals surface area contributed by atoms with Gasteiger partial charge < -0.3 is 9.47 Å². The van der Waals surface area contributed by atoms with Gasteiger partial charge in [-0.1, -0.05) is 0 Å². The molecule has 0 unspecified atom stereocenters. The number of Topliss-reactive ketones (excluding diaryl/α,β-unsaturated/α-hetero) is 1. The third-order valence-electron chi connectivity index (χ3n) is 4.08. The van der Waals surface area contributed by atoms with Crippen molar-refractivity contribution in [1.29, 1.82) is 0 Å². The van der Waals surface area contributed by atoms with Gasteiger partial charge in [-0.2, -0.15) is 0 Å². The van der Waals surface area contributed by atoms with Gasteiger partial charge in [-0.05, 0) is 38.2 Å². The van der Waals surface area contributed by atoms with Crippen LogP contribution in [0.4, 0.5) is 0 Å². The lowest BCUT2D eigenvalue weighted by Crippen LogP contribution is -2.35. The maximum atomic E-state index is 12.2. The zero-order chi connectivity index (χ0) is 13.4. The number of hydrogen-bond donors (Lipinski definition) is 0. The summed E-state index contributed by atoms with van der Waals surface area (Å²) in [5.41, 5.74) is 1.94. The number of likely N-dealkylation sites (N-methyl/N-ethyl adjacent to an activating group) is 1. The zero-order valence-electron chi connectivity index (χ0n) is 11.4. The Labute approximate surface area is 113 Å². The molecule has 1 fully saturated rings. The van der Waals surface area contributed by atoms with E-state index in [4.69, 9.17) is 0 Å². The minimum Gasteiger partial charge on any atom is -0.344 e. The molecule has 1 saturated carbocycles. The van der Waals surface area contributed by atoms with Crippen molar-refractivity contribution >= 4 is 11.7 Å². The van der Waals surface area contributed by atoms with E-state index in [-0.39, 0.29) is 11.7 Å². The Morgan fingerprint density at radius 1 is 1.37 bits per heavy atom. The van der Waals surface area contributed by atoms with Crippen molar-refractivity contribution in [2.45, 2.75) is 51.6 Å². The Bertz CT molecular complexity index is 514. The van der Waals surface area contributed by atoms with Gasteiger partial charge in [-0.15, -0.1) is 0 Å². The number of fused-ring (bicyclic) bond motifs is 1. The summed E-state index contributed by atoms with van der Waals surface area (Å²) < 4.78 is 1.89. The third kappa shape index (κ3) is 2.44. The summed E-state index contributed by atoms with van der Waals surface area (Å²) in [5, 5.41) is 0. The number of hydrogen-bond acceptors (Lipinski definition) is 2. The summed E-state index contributed by atoms with van der Waals surface area (Å²) in [5.74, 6) is 0.395. The second-order valence-corrected chi connectivity index (χ2v) is 5.56. The first-order chi connectivity index (χ1) is 9.19. The van der Waals surface area contributed by atoms with Crippen molar-refractivity contribution in [2.24, 2.45) is 0 Å². The molecular weight excluding hydrogens is 240 g/mol. The Morgan fingerprint density at radius 3 is 2.79 bits per heavy atom. The smallest absolute Gasteiger partial charge is 0.242 e. The van der Waals surface area contributed by atoms with E-state index < -0.39 is 0 Å². The third-order valence-corrected chi connectivity index (χ3v) is 4.08. The van der Waals surface area contributed by atoms with E-state index in [9.17, 15) is 9.59 Å². The lowest BCUT2D eigenvalue weighted by Gasteiger charge is -2.20. The molecule has 2 aliphatic carbocycles. The average molecular weight is 260 g/mol. The number of carbonyl (C=O) groups is 2. The maximum Gasteiger partial charge on any atom is 0.242 e. The van der Waals surface area contributed by atoms with Crippen molar-refractivity contribution in [2.75, 3.05) is 6.54 Å². The molecule has 0 spiro atoms. The van der Waals surface area contributed by atoms with Crippen molar-refractivity contribution in [3.8, 4) is 0 Å². The largest absolute Gasteiger partial charge is 0.344 e. The lowest BCUT2D eigenvalue weighted by molar-refractivity contribution is -0.132. The molecule has 0 aromatic carbocycles. The van der Waals surface area contributed by atoms with Crippen molar-refractivity contribution in [1.82, 2.24) is 9.47 Å². The summed E-state index contributed by atoms with van der Waals surface area (Å²) in [4.78, 5) is 26.0. The van der Waals surface area contributed by atoms with Crippen LogP contribution in [0.15, 0.2) is 12.4 Å². The molecule has 4 nitrogen and oxygen atoms in total. The fourth-order valence-electron chi connectivity index (χ4n) is 2.94. The zero-order valence-corrected chi connectivity index (χ0v) is 11.4. The van der Waals surface area contributed by atoms with Crippen molar-refractivity contribution in [3.05, 3.63) is 23.5 Å². The summed E-state index contributed by atoms with van der Waals surface area (Å²) in [6, 6.07) is 0.462. The Kier molecular flexibility index (Phi) is 3.17. The summed E-state index contributed by atoms with van der Waals surface area (Å²) in [7, 11) is 0. The highest BCUT2D eigenvalue weighted by Crippen LogP contribution is 2.27. The highest BCUT2D eigenvalue weighted by Gasteiger charge is 2.31. The number of carbonyl (C=O) groups excluding carboxylic acids is 2. The number of aryl methyl sites for hydroxylation is 1. The van der Waals surface area contributed by atoms with E-state index in [1.54, 1.807) is 0 Å². The molecular formula is C15H20N2O2. The minimum atomic E-state index is 0.171. The quantitative estimate of drug-likeness (QED) is 0.831. The van der Waals surface area contributed by atoms with E-state index in [2.05, 4.69) is 0 Å². The van der Waals surface area contributed by atoms with Gasteiger partial charge in [-0.3, -0.25) is 9.59 Å². The van der Waals surface area contributed by atoms with Crippen LogP contribution in [-0.2, 0) is 17.8 Å². The fourth-order valence-corrected chi connectivity index (χ4v) is 2.94. The van der Waals surface area contributed by atoms with Gasteiger partial charge in [0, 0.05) is 37.0 Å². The van der Waals surface area contributed by atoms with Crippen LogP contribution >= 0.6 is 0 Å². The van der Waals surface area contributed by atoms with Crippen LogP contribution in [0.25, 0.3) is 0 Å². The predicted octanol–water partition coefficient (Wildman–Crippen LogP) is 2.02. The maximum absolute atomic E-state index is 12.2. The van der Waals surface area contributed by atoms with Crippen LogP contribution in [0.1, 0.15) is 48.5 Å². The van der Waals surface area contributed by atoms with E-state index in [0.29, 0.717) is 19.0 Å². The highest BCUT2D eigenvalue weighted by molar-refractivity contribution is 5.98.